The molecular formula is C9H16N2O. The molecule has 0 bridgehead atoms. The van der Waals surface area contributed by atoms with Crippen LogP contribution in [0.25, 0.3) is 0 Å². The molecule has 0 radical (unpaired) electrons. The highest BCUT2D eigenvalue weighted by Gasteiger charge is 2.05. The third kappa shape index (κ3) is 2.68. The first-order valence-electron chi connectivity index (χ1n) is 4.32. The van der Waals surface area contributed by atoms with Crippen molar-refractivity contribution in [2.75, 3.05) is 6.54 Å². The van der Waals surface area contributed by atoms with E-state index in [0.717, 1.165) is 31.4 Å². The fraction of sp³-hybridized carbons (Fsp3) is 0.556. The van der Waals surface area contributed by atoms with Crippen molar-refractivity contribution >= 4 is 0 Å². The Balaban J connectivity index is 2.25. The minimum absolute atomic E-state index is 0.107. The van der Waals surface area contributed by atoms with Crippen LogP contribution in [0.3, 0.4) is 0 Å². The van der Waals surface area contributed by atoms with E-state index < -0.39 is 0 Å². The Bertz CT molecular complexity index is 196. The van der Waals surface area contributed by atoms with E-state index >= 15 is 0 Å². The number of hydrogen-bond acceptors (Lipinski definition) is 3. The lowest BCUT2D eigenvalue weighted by Crippen LogP contribution is -2.10. The summed E-state index contributed by atoms with van der Waals surface area (Å²) in [4.78, 5) is 0. The summed E-state index contributed by atoms with van der Waals surface area (Å²) in [6.07, 6.45) is 6.47. The van der Waals surface area contributed by atoms with E-state index in [2.05, 4.69) is 0 Å². The summed E-state index contributed by atoms with van der Waals surface area (Å²) in [5, 5.41) is 0. The number of hydrogen-bond donors (Lipinski definition) is 2. The molecule has 0 saturated carbocycles. The van der Waals surface area contributed by atoms with Crippen LogP contribution in [0.5, 0.6) is 0 Å². The van der Waals surface area contributed by atoms with Crippen molar-refractivity contribution in [3.05, 3.63) is 24.2 Å². The van der Waals surface area contributed by atoms with Crippen molar-refractivity contribution in [1.82, 2.24) is 0 Å². The van der Waals surface area contributed by atoms with Crippen molar-refractivity contribution < 1.29 is 4.42 Å². The van der Waals surface area contributed by atoms with Gasteiger partial charge in [0.2, 0.25) is 0 Å². The highest BCUT2D eigenvalue weighted by Crippen LogP contribution is 2.16. The Morgan fingerprint density at radius 2 is 2.25 bits per heavy atom. The van der Waals surface area contributed by atoms with Gasteiger partial charge in [-0.2, -0.15) is 0 Å². The summed E-state index contributed by atoms with van der Waals surface area (Å²) in [5.74, 6) is 0. The quantitative estimate of drug-likeness (QED) is 0.653. The third-order valence-corrected chi connectivity index (χ3v) is 1.94. The van der Waals surface area contributed by atoms with Crippen LogP contribution in [0.4, 0.5) is 0 Å². The average molecular weight is 168 g/mol. The lowest BCUT2D eigenvalue weighted by Gasteiger charge is -2.07. The van der Waals surface area contributed by atoms with Gasteiger partial charge in [0.15, 0.2) is 0 Å². The number of furan rings is 1. The minimum Gasteiger partial charge on any atom is -0.472 e. The molecule has 3 nitrogen and oxygen atoms in total. The van der Waals surface area contributed by atoms with Gasteiger partial charge in [0.25, 0.3) is 0 Å². The molecule has 12 heavy (non-hydrogen) atoms. The first kappa shape index (κ1) is 9.29. The van der Waals surface area contributed by atoms with Gasteiger partial charge in [-0.3, -0.25) is 0 Å². The molecule has 1 rings (SSSR count). The first-order valence-corrected chi connectivity index (χ1v) is 4.32. The van der Waals surface area contributed by atoms with Crippen LogP contribution in [-0.4, -0.2) is 6.54 Å². The highest BCUT2D eigenvalue weighted by molar-refractivity contribution is 5.10. The van der Waals surface area contributed by atoms with Gasteiger partial charge in [-0.1, -0.05) is 6.42 Å². The molecule has 0 aliphatic heterocycles. The Kier molecular flexibility index (Phi) is 3.84. The summed E-state index contributed by atoms with van der Waals surface area (Å²) >= 11 is 0. The topological polar surface area (TPSA) is 65.2 Å². The summed E-state index contributed by atoms with van der Waals surface area (Å²) in [6.45, 7) is 0.748. The lowest BCUT2D eigenvalue weighted by atomic mass is 10.1. The van der Waals surface area contributed by atoms with Crippen molar-refractivity contribution in [1.29, 1.82) is 0 Å². The minimum atomic E-state index is 0.107. The largest absolute Gasteiger partial charge is 0.472 e. The van der Waals surface area contributed by atoms with Crippen LogP contribution in [0, 0.1) is 0 Å². The maximum atomic E-state index is 5.88. The molecule has 0 spiro atoms. The molecule has 4 N–H and O–H groups in total. The molecule has 1 aromatic rings. The van der Waals surface area contributed by atoms with Gasteiger partial charge in [-0.05, 0) is 25.5 Å². The van der Waals surface area contributed by atoms with Gasteiger partial charge in [0, 0.05) is 11.6 Å². The molecule has 0 unspecified atom stereocenters. The molecule has 0 saturated heterocycles. The number of unbranched alkanes of at least 4 members (excludes halogenated alkanes) is 1. The van der Waals surface area contributed by atoms with E-state index in [0.29, 0.717) is 0 Å². The van der Waals surface area contributed by atoms with Crippen LogP contribution in [-0.2, 0) is 0 Å². The van der Waals surface area contributed by atoms with Gasteiger partial charge in [-0.25, -0.2) is 0 Å². The molecule has 68 valence electrons. The van der Waals surface area contributed by atoms with Gasteiger partial charge < -0.3 is 15.9 Å². The zero-order valence-electron chi connectivity index (χ0n) is 7.20. The van der Waals surface area contributed by atoms with Gasteiger partial charge in [0.1, 0.15) is 0 Å². The normalized spacial score (nSPS) is 13.2. The molecule has 0 aliphatic carbocycles. The molecule has 0 fully saturated rings. The van der Waals surface area contributed by atoms with Crippen LogP contribution in [0.1, 0.15) is 30.9 Å². The average Bonchev–Trinajstić information content (AvgIpc) is 2.56. The number of rotatable bonds is 5. The third-order valence-electron chi connectivity index (χ3n) is 1.94. The Hall–Kier alpha value is -0.800. The van der Waals surface area contributed by atoms with Crippen molar-refractivity contribution in [3.8, 4) is 0 Å². The van der Waals surface area contributed by atoms with Crippen LogP contribution in [0.15, 0.2) is 23.0 Å². The fourth-order valence-electron chi connectivity index (χ4n) is 1.16. The molecule has 1 atom stereocenters. The van der Waals surface area contributed by atoms with Crippen LogP contribution in [0.2, 0.25) is 0 Å². The molecule has 0 amide bonds. The Morgan fingerprint density at radius 1 is 1.42 bits per heavy atom. The SMILES string of the molecule is NCCCC[C@@H](N)c1ccoc1. The second-order valence-electron chi connectivity index (χ2n) is 2.95. The van der Waals surface area contributed by atoms with Crippen LogP contribution < -0.4 is 11.5 Å². The highest BCUT2D eigenvalue weighted by atomic mass is 16.3. The maximum Gasteiger partial charge on any atom is 0.0950 e. The summed E-state index contributed by atoms with van der Waals surface area (Å²) in [5.41, 5.74) is 12.3. The second-order valence-corrected chi connectivity index (χ2v) is 2.95. The van der Waals surface area contributed by atoms with Crippen LogP contribution >= 0.6 is 0 Å². The van der Waals surface area contributed by atoms with Crippen molar-refractivity contribution in [3.63, 3.8) is 0 Å². The van der Waals surface area contributed by atoms with E-state index in [1.54, 1.807) is 12.5 Å². The maximum absolute atomic E-state index is 5.88. The van der Waals surface area contributed by atoms with Gasteiger partial charge in [0.05, 0.1) is 12.5 Å². The summed E-state index contributed by atoms with van der Waals surface area (Å²) in [7, 11) is 0. The molecule has 1 heterocycles. The van der Waals surface area contributed by atoms with E-state index in [-0.39, 0.29) is 6.04 Å². The molecule has 3 heteroatoms. The molecule has 0 aliphatic rings. The van der Waals surface area contributed by atoms with Crippen molar-refractivity contribution in [2.24, 2.45) is 11.5 Å². The predicted octanol–water partition coefficient (Wildman–Crippen LogP) is 1.41. The summed E-state index contributed by atoms with van der Waals surface area (Å²) in [6, 6.07) is 2.02. The predicted molar refractivity (Wildman–Crippen MR) is 48.5 cm³/mol. The Labute approximate surface area is 72.7 Å². The van der Waals surface area contributed by atoms with E-state index in [4.69, 9.17) is 15.9 Å². The molecular weight excluding hydrogens is 152 g/mol. The summed E-state index contributed by atoms with van der Waals surface area (Å²) < 4.78 is 4.94. The standard InChI is InChI=1S/C9H16N2O/c10-5-2-1-3-9(11)8-4-6-12-7-8/h4,6-7,9H,1-3,5,10-11H2/t9-/m1/s1. The monoisotopic (exact) mass is 168 g/mol. The smallest absolute Gasteiger partial charge is 0.0950 e. The first-order chi connectivity index (χ1) is 5.84. The zero-order chi connectivity index (χ0) is 8.81. The fourth-order valence-corrected chi connectivity index (χ4v) is 1.16. The van der Waals surface area contributed by atoms with Gasteiger partial charge >= 0.3 is 0 Å². The molecule has 1 aromatic heterocycles. The second kappa shape index (κ2) is 4.95. The van der Waals surface area contributed by atoms with E-state index in [1.165, 1.54) is 0 Å². The Morgan fingerprint density at radius 3 is 2.83 bits per heavy atom. The van der Waals surface area contributed by atoms with Gasteiger partial charge in [-0.15, -0.1) is 0 Å². The zero-order valence-corrected chi connectivity index (χ0v) is 7.20. The van der Waals surface area contributed by atoms with E-state index in [1.807, 2.05) is 6.07 Å². The van der Waals surface area contributed by atoms with Crippen molar-refractivity contribution in [2.45, 2.75) is 25.3 Å². The number of nitrogens with two attached hydrogens (primary N) is 2. The van der Waals surface area contributed by atoms with E-state index in [9.17, 15) is 0 Å². The lowest BCUT2D eigenvalue weighted by molar-refractivity contribution is 0.546. The molecule has 0 aromatic carbocycles.